The number of anilines is 1. The van der Waals surface area contributed by atoms with Crippen molar-refractivity contribution >= 4 is 27.1 Å². The molecule has 0 aliphatic rings. The van der Waals surface area contributed by atoms with Crippen LogP contribution in [-0.4, -0.2) is 8.42 Å². The van der Waals surface area contributed by atoms with Crippen molar-refractivity contribution in [1.29, 1.82) is 0 Å². The molecule has 0 saturated heterocycles. The molecule has 3 nitrogen and oxygen atoms in total. The minimum Gasteiger partial charge on any atom is -0.399 e. The fraction of sp³-hybridized carbons (Fsp3) is 0.250. The lowest BCUT2D eigenvalue weighted by molar-refractivity contribution is 0.595. The maximum Gasteiger partial charge on any atom is 0.184 e. The highest BCUT2D eigenvalue weighted by Gasteiger charge is 2.19. The van der Waals surface area contributed by atoms with Crippen LogP contribution >= 0.6 is 11.6 Å². The molecule has 0 amide bonds. The second-order valence-electron chi connectivity index (χ2n) is 5.35. The lowest BCUT2D eigenvalue weighted by Gasteiger charge is -2.09. The van der Waals surface area contributed by atoms with Gasteiger partial charge in [0, 0.05) is 5.69 Å². The normalized spacial score (nSPS) is 11.8. The lowest BCUT2D eigenvalue weighted by atomic mass is 10.0. The van der Waals surface area contributed by atoms with E-state index in [0.29, 0.717) is 11.6 Å². The SMILES string of the molecule is CC(C)c1ccc(CS(=O)(=O)c2cc(N)ccc2Cl)cc1. The van der Waals surface area contributed by atoms with E-state index in [1.807, 2.05) is 24.3 Å². The van der Waals surface area contributed by atoms with Crippen molar-refractivity contribution in [3.05, 3.63) is 58.6 Å². The van der Waals surface area contributed by atoms with Gasteiger partial charge in [0.15, 0.2) is 9.84 Å². The number of benzene rings is 2. The Labute approximate surface area is 130 Å². The maximum absolute atomic E-state index is 12.5. The molecule has 0 radical (unpaired) electrons. The molecule has 0 saturated carbocycles. The van der Waals surface area contributed by atoms with Gasteiger partial charge >= 0.3 is 0 Å². The summed E-state index contributed by atoms with van der Waals surface area (Å²) in [5, 5.41) is 0.197. The molecule has 0 unspecified atom stereocenters. The Hall–Kier alpha value is -1.52. The van der Waals surface area contributed by atoms with E-state index in [1.165, 1.54) is 17.7 Å². The Morgan fingerprint density at radius 1 is 1.10 bits per heavy atom. The third-order valence-electron chi connectivity index (χ3n) is 3.29. The number of halogens is 1. The average molecular weight is 324 g/mol. The van der Waals surface area contributed by atoms with Gasteiger partial charge in [-0.25, -0.2) is 8.42 Å². The summed E-state index contributed by atoms with van der Waals surface area (Å²) in [6.45, 7) is 4.19. The summed E-state index contributed by atoms with van der Waals surface area (Å²) in [5.41, 5.74) is 7.94. The Kier molecular flexibility index (Phi) is 4.59. The van der Waals surface area contributed by atoms with Gasteiger partial charge in [0.1, 0.15) is 0 Å². The highest BCUT2D eigenvalue weighted by molar-refractivity contribution is 7.90. The molecule has 0 aliphatic heterocycles. The summed E-state index contributed by atoms with van der Waals surface area (Å²) in [6, 6.07) is 12.1. The van der Waals surface area contributed by atoms with E-state index in [0.717, 1.165) is 5.56 Å². The summed E-state index contributed by atoms with van der Waals surface area (Å²) in [6.07, 6.45) is 0. The van der Waals surface area contributed by atoms with Gasteiger partial charge in [0.25, 0.3) is 0 Å². The second kappa shape index (κ2) is 6.08. The highest BCUT2D eigenvalue weighted by Crippen LogP contribution is 2.27. The number of nitrogen functional groups attached to an aromatic ring is 1. The van der Waals surface area contributed by atoms with Gasteiger partial charge in [0.2, 0.25) is 0 Å². The Bertz CT molecular complexity index is 737. The first-order valence-electron chi connectivity index (χ1n) is 6.66. The third-order valence-corrected chi connectivity index (χ3v) is 5.46. The molecule has 2 N–H and O–H groups in total. The highest BCUT2D eigenvalue weighted by atomic mass is 35.5. The standard InChI is InChI=1S/C16H18ClNO2S/c1-11(2)13-5-3-12(4-6-13)10-21(19,20)16-9-14(18)7-8-15(16)17/h3-9,11H,10,18H2,1-2H3. The molecule has 0 aliphatic carbocycles. The zero-order valence-electron chi connectivity index (χ0n) is 12.0. The summed E-state index contributed by atoms with van der Waals surface area (Å²) in [7, 11) is -3.51. The molecule has 2 rings (SSSR count). The van der Waals surface area contributed by atoms with E-state index in [9.17, 15) is 8.42 Å². The minimum absolute atomic E-state index is 0.0807. The van der Waals surface area contributed by atoms with Gasteiger partial charge in [-0.2, -0.15) is 0 Å². The molecule has 112 valence electrons. The Morgan fingerprint density at radius 3 is 2.29 bits per heavy atom. The van der Waals surface area contributed by atoms with Crippen LogP contribution in [0.25, 0.3) is 0 Å². The van der Waals surface area contributed by atoms with Crippen LogP contribution in [0.1, 0.15) is 30.9 Å². The molecule has 0 spiro atoms. The predicted molar refractivity (Wildman–Crippen MR) is 87.3 cm³/mol. The quantitative estimate of drug-likeness (QED) is 0.864. The molecular weight excluding hydrogens is 306 g/mol. The molecular formula is C16H18ClNO2S. The summed E-state index contributed by atoms with van der Waals surface area (Å²) in [5.74, 6) is 0.327. The first-order valence-corrected chi connectivity index (χ1v) is 8.69. The van der Waals surface area contributed by atoms with Crippen LogP contribution in [0, 0.1) is 0 Å². The fourth-order valence-electron chi connectivity index (χ4n) is 2.05. The van der Waals surface area contributed by atoms with Gasteiger partial charge in [0.05, 0.1) is 15.7 Å². The smallest absolute Gasteiger partial charge is 0.184 e. The topological polar surface area (TPSA) is 60.2 Å². The number of hydrogen-bond acceptors (Lipinski definition) is 3. The van der Waals surface area contributed by atoms with E-state index in [-0.39, 0.29) is 15.7 Å². The van der Waals surface area contributed by atoms with Crippen LogP contribution in [-0.2, 0) is 15.6 Å². The zero-order valence-corrected chi connectivity index (χ0v) is 13.6. The van der Waals surface area contributed by atoms with E-state index in [2.05, 4.69) is 13.8 Å². The second-order valence-corrected chi connectivity index (χ2v) is 7.71. The minimum atomic E-state index is -3.51. The first-order chi connectivity index (χ1) is 9.79. The van der Waals surface area contributed by atoms with Crippen molar-refractivity contribution in [1.82, 2.24) is 0 Å². The maximum atomic E-state index is 12.5. The molecule has 0 bridgehead atoms. The Balaban J connectivity index is 2.31. The lowest BCUT2D eigenvalue weighted by Crippen LogP contribution is -2.06. The number of rotatable bonds is 4. The van der Waals surface area contributed by atoms with Crippen LogP contribution < -0.4 is 5.73 Å². The van der Waals surface area contributed by atoms with Crippen molar-refractivity contribution < 1.29 is 8.42 Å². The number of hydrogen-bond donors (Lipinski definition) is 1. The van der Waals surface area contributed by atoms with Gasteiger partial charge in [-0.15, -0.1) is 0 Å². The molecule has 5 heteroatoms. The molecule has 0 atom stereocenters. The van der Waals surface area contributed by atoms with Crippen LogP contribution in [0.4, 0.5) is 5.69 Å². The predicted octanol–water partition coefficient (Wildman–Crippen LogP) is 4.02. The van der Waals surface area contributed by atoms with Gasteiger partial charge < -0.3 is 5.73 Å². The third kappa shape index (κ3) is 3.77. The van der Waals surface area contributed by atoms with Gasteiger partial charge in [-0.1, -0.05) is 49.7 Å². The van der Waals surface area contributed by atoms with E-state index in [1.54, 1.807) is 6.07 Å². The van der Waals surface area contributed by atoms with Crippen molar-refractivity contribution in [2.24, 2.45) is 0 Å². The molecule has 2 aromatic rings. The zero-order chi connectivity index (χ0) is 15.6. The number of sulfone groups is 1. The van der Waals surface area contributed by atoms with Crippen molar-refractivity contribution in [2.75, 3.05) is 5.73 Å². The molecule has 0 aromatic heterocycles. The largest absolute Gasteiger partial charge is 0.399 e. The number of nitrogens with two attached hydrogens (primary N) is 1. The summed E-state index contributed by atoms with van der Waals surface area (Å²) in [4.78, 5) is 0.0807. The van der Waals surface area contributed by atoms with Crippen molar-refractivity contribution in [2.45, 2.75) is 30.4 Å². The van der Waals surface area contributed by atoms with Crippen LogP contribution in [0.3, 0.4) is 0 Å². The first kappa shape index (κ1) is 15.9. The average Bonchev–Trinajstić information content (AvgIpc) is 2.41. The van der Waals surface area contributed by atoms with Crippen molar-refractivity contribution in [3.8, 4) is 0 Å². The van der Waals surface area contributed by atoms with E-state index in [4.69, 9.17) is 17.3 Å². The summed E-state index contributed by atoms with van der Waals surface area (Å²) < 4.78 is 24.9. The Morgan fingerprint density at radius 2 is 1.71 bits per heavy atom. The van der Waals surface area contributed by atoms with E-state index < -0.39 is 9.84 Å². The van der Waals surface area contributed by atoms with Gasteiger partial charge in [-0.3, -0.25) is 0 Å². The van der Waals surface area contributed by atoms with Crippen LogP contribution in [0.5, 0.6) is 0 Å². The monoisotopic (exact) mass is 323 g/mol. The molecule has 2 aromatic carbocycles. The van der Waals surface area contributed by atoms with Crippen molar-refractivity contribution in [3.63, 3.8) is 0 Å². The van der Waals surface area contributed by atoms with Crippen LogP contribution in [0.15, 0.2) is 47.4 Å². The van der Waals surface area contributed by atoms with E-state index >= 15 is 0 Å². The molecule has 0 heterocycles. The molecule has 21 heavy (non-hydrogen) atoms. The fourth-order valence-corrected chi connectivity index (χ4v) is 3.99. The van der Waals surface area contributed by atoms with Gasteiger partial charge in [-0.05, 0) is 35.2 Å². The van der Waals surface area contributed by atoms with Crippen LogP contribution in [0.2, 0.25) is 5.02 Å². The summed E-state index contributed by atoms with van der Waals surface area (Å²) >= 11 is 5.98. The molecule has 0 fully saturated rings.